The summed E-state index contributed by atoms with van der Waals surface area (Å²) in [7, 11) is 0. The molecule has 6 nitrogen and oxygen atoms in total. The van der Waals surface area contributed by atoms with Crippen LogP contribution in [-0.4, -0.2) is 27.3 Å². The number of ether oxygens (including phenoxy) is 1. The van der Waals surface area contributed by atoms with E-state index in [9.17, 15) is 8.78 Å². The fourth-order valence-corrected chi connectivity index (χ4v) is 2.80. The predicted octanol–water partition coefficient (Wildman–Crippen LogP) is 4.95. The summed E-state index contributed by atoms with van der Waals surface area (Å²) in [6, 6.07) is 8.78. The van der Waals surface area contributed by atoms with Crippen LogP contribution in [0.15, 0.2) is 45.0 Å². The van der Waals surface area contributed by atoms with Crippen LogP contribution in [0.2, 0.25) is 5.02 Å². The maximum atomic E-state index is 13.0. The molecule has 2 aromatic heterocycles. The van der Waals surface area contributed by atoms with Crippen LogP contribution in [0.1, 0.15) is 29.3 Å². The number of hydrogen-bond donors (Lipinski definition) is 0. The van der Waals surface area contributed by atoms with Gasteiger partial charge in [-0.2, -0.15) is 9.78 Å². The normalized spacial score (nSPS) is 11.6. The highest BCUT2D eigenvalue weighted by Crippen LogP contribution is 2.26. The first-order valence-electron chi connectivity index (χ1n) is 7.78. The second-order valence-electron chi connectivity index (χ2n) is 5.36. The molecule has 0 aliphatic heterocycles. The molecule has 10 heteroatoms. The van der Waals surface area contributed by atoms with Gasteiger partial charge in [0.15, 0.2) is 0 Å². The van der Waals surface area contributed by atoms with E-state index in [4.69, 9.17) is 20.8 Å². The monoisotopic (exact) mass is 412 g/mol. The van der Waals surface area contributed by atoms with Crippen LogP contribution in [0.5, 0.6) is 5.75 Å². The topological polar surface area (TPSA) is 65.4 Å². The van der Waals surface area contributed by atoms with Crippen LogP contribution in [-0.2, 0) is 6.61 Å². The summed E-state index contributed by atoms with van der Waals surface area (Å²) in [5.41, 5.74) is 0.837. The third-order valence-electron chi connectivity index (χ3n) is 3.58. The van der Waals surface area contributed by atoms with E-state index in [0.717, 1.165) is 22.0 Å². The molecular weight excluding hydrogens is 398 g/mol. The minimum atomic E-state index is -2.78. The lowest BCUT2D eigenvalue weighted by atomic mass is 10.2. The van der Waals surface area contributed by atoms with Crippen LogP contribution in [0.25, 0.3) is 0 Å². The van der Waals surface area contributed by atoms with Gasteiger partial charge < -0.3 is 9.15 Å². The highest BCUT2D eigenvalue weighted by Gasteiger charge is 2.19. The molecule has 0 N–H and O–H groups in total. The number of hydrogen-bond acceptors (Lipinski definition) is 6. The molecule has 0 unspecified atom stereocenters. The van der Waals surface area contributed by atoms with E-state index in [1.54, 1.807) is 30.5 Å². The lowest BCUT2D eigenvalue weighted by molar-refractivity contribution is 0.135. The molecule has 0 aliphatic rings. The smallest absolute Gasteiger partial charge is 0.299 e. The molecule has 0 fully saturated rings. The zero-order valence-electron chi connectivity index (χ0n) is 14.4. The van der Waals surface area contributed by atoms with Gasteiger partial charge in [0.2, 0.25) is 11.0 Å². The van der Waals surface area contributed by atoms with Gasteiger partial charge in [0.25, 0.3) is 6.43 Å². The van der Waals surface area contributed by atoms with E-state index in [0.29, 0.717) is 22.3 Å². The maximum Gasteiger partial charge on any atom is 0.299 e. The summed E-state index contributed by atoms with van der Waals surface area (Å²) >= 11 is 7.22. The number of rotatable bonds is 7. The highest BCUT2D eigenvalue weighted by atomic mass is 35.5. The number of nitrogens with zero attached hydrogens (tertiary/aromatic N) is 4. The quantitative estimate of drug-likeness (QED) is 0.405. The van der Waals surface area contributed by atoms with E-state index < -0.39 is 12.2 Å². The van der Waals surface area contributed by atoms with Crippen LogP contribution < -0.4 is 4.74 Å². The van der Waals surface area contributed by atoms with Crippen molar-refractivity contribution < 1.29 is 17.9 Å². The predicted molar refractivity (Wildman–Crippen MR) is 99.0 cm³/mol. The standard InChI is InChI=1S/C17H15ClF2N4O2S/c1-10-13(18)4-3-5-14(10)25-9-12-7-6-11(26-12)8-21-24-16(15(19)20)22-23-17(24)27-2/h3-8,15H,9H2,1-2H3/b21-8-. The number of halogens is 3. The molecule has 0 spiro atoms. The summed E-state index contributed by atoms with van der Waals surface area (Å²) in [5.74, 6) is 1.07. The van der Waals surface area contributed by atoms with Crippen molar-refractivity contribution in [3.05, 3.63) is 58.3 Å². The van der Waals surface area contributed by atoms with E-state index in [2.05, 4.69) is 15.3 Å². The SMILES string of the molecule is CSc1nnc(C(F)F)n1/N=C\c1ccc(COc2cccc(Cl)c2C)o1. The second kappa shape index (κ2) is 8.53. The Bertz CT molecular complexity index is 958. The molecule has 0 atom stereocenters. The number of alkyl halides is 2. The van der Waals surface area contributed by atoms with Gasteiger partial charge in [0.05, 0.1) is 6.21 Å². The molecule has 1 aromatic carbocycles. The zero-order valence-corrected chi connectivity index (χ0v) is 16.0. The van der Waals surface area contributed by atoms with Crippen LogP contribution in [0.3, 0.4) is 0 Å². The Kier molecular flexibility index (Phi) is 6.12. The van der Waals surface area contributed by atoms with Crippen molar-refractivity contribution in [2.24, 2.45) is 5.10 Å². The van der Waals surface area contributed by atoms with Crippen molar-refractivity contribution in [1.82, 2.24) is 14.9 Å². The minimum Gasteiger partial charge on any atom is -0.485 e. The minimum absolute atomic E-state index is 0.194. The molecule has 0 radical (unpaired) electrons. The molecule has 3 rings (SSSR count). The molecule has 0 amide bonds. The molecule has 0 saturated heterocycles. The van der Waals surface area contributed by atoms with Crippen molar-refractivity contribution in [2.45, 2.75) is 25.1 Å². The van der Waals surface area contributed by atoms with Crippen molar-refractivity contribution in [3.63, 3.8) is 0 Å². The van der Waals surface area contributed by atoms with Gasteiger partial charge in [-0.25, -0.2) is 8.78 Å². The number of aromatic nitrogens is 3. The maximum absolute atomic E-state index is 13.0. The molecule has 3 aromatic rings. The van der Waals surface area contributed by atoms with Gasteiger partial charge in [-0.05, 0) is 37.4 Å². The van der Waals surface area contributed by atoms with Crippen LogP contribution in [0.4, 0.5) is 8.78 Å². The van der Waals surface area contributed by atoms with E-state index in [-0.39, 0.29) is 11.8 Å². The van der Waals surface area contributed by atoms with Crippen LogP contribution in [0, 0.1) is 6.92 Å². The largest absolute Gasteiger partial charge is 0.485 e. The summed E-state index contributed by atoms with van der Waals surface area (Å²) in [5, 5.41) is 12.0. The summed E-state index contributed by atoms with van der Waals surface area (Å²) in [6.07, 6.45) is 0.242. The fourth-order valence-electron chi connectivity index (χ4n) is 2.20. The Morgan fingerprint density at radius 1 is 1.33 bits per heavy atom. The molecule has 142 valence electrons. The lowest BCUT2D eigenvalue weighted by Gasteiger charge is -2.08. The van der Waals surface area contributed by atoms with Gasteiger partial charge in [-0.1, -0.05) is 29.4 Å². The van der Waals surface area contributed by atoms with E-state index >= 15 is 0 Å². The summed E-state index contributed by atoms with van der Waals surface area (Å²) in [4.78, 5) is 0. The van der Waals surface area contributed by atoms with Gasteiger partial charge in [0, 0.05) is 10.6 Å². The first kappa shape index (κ1) is 19.4. The molecule has 0 saturated carbocycles. The van der Waals surface area contributed by atoms with Crippen molar-refractivity contribution >= 4 is 29.6 Å². The Labute approximate surface area is 163 Å². The Morgan fingerprint density at radius 3 is 2.89 bits per heavy atom. The number of thioether (sulfide) groups is 1. The van der Waals surface area contributed by atoms with E-state index in [1.807, 2.05) is 13.0 Å². The molecule has 0 bridgehead atoms. The molecular formula is C17H15ClF2N4O2S. The van der Waals surface area contributed by atoms with Crippen molar-refractivity contribution in [2.75, 3.05) is 6.26 Å². The average Bonchev–Trinajstić information content (AvgIpc) is 3.27. The summed E-state index contributed by atoms with van der Waals surface area (Å²) < 4.78 is 38.2. The van der Waals surface area contributed by atoms with Gasteiger partial charge >= 0.3 is 0 Å². The zero-order chi connectivity index (χ0) is 19.4. The third kappa shape index (κ3) is 4.48. The summed E-state index contributed by atoms with van der Waals surface area (Å²) in [6.45, 7) is 2.06. The molecule has 27 heavy (non-hydrogen) atoms. The highest BCUT2D eigenvalue weighted by molar-refractivity contribution is 7.98. The molecule has 2 heterocycles. The van der Waals surface area contributed by atoms with Crippen molar-refractivity contribution in [3.8, 4) is 5.75 Å². The first-order chi connectivity index (χ1) is 13.0. The van der Waals surface area contributed by atoms with E-state index in [1.165, 1.54) is 6.21 Å². The van der Waals surface area contributed by atoms with Crippen LogP contribution >= 0.6 is 23.4 Å². The third-order valence-corrected chi connectivity index (χ3v) is 4.61. The first-order valence-corrected chi connectivity index (χ1v) is 9.38. The van der Waals surface area contributed by atoms with Gasteiger partial charge in [0.1, 0.15) is 23.9 Å². The number of furan rings is 1. The number of benzene rings is 1. The van der Waals surface area contributed by atoms with Gasteiger partial charge in [-0.15, -0.1) is 10.2 Å². The van der Waals surface area contributed by atoms with Crippen molar-refractivity contribution in [1.29, 1.82) is 0 Å². The second-order valence-corrected chi connectivity index (χ2v) is 6.54. The fraction of sp³-hybridized carbons (Fsp3) is 0.235. The lowest BCUT2D eigenvalue weighted by Crippen LogP contribution is -2.00. The Hall–Kier alpha value is -2.39. The average molecular weight is 413 g/mol. The Balaban J connectivity index is 1.70. The Morgan fingerprint density at radius 2 is 2.15 bits per heavy atom. The molecule has 0 aliphatic carbocycles. The van der Waals surface area contributed by atoms with Gasteiger partial charge in [-0.3, -0.25) is 0 Å².